The summed E-state index contributed by atoms with van der Waals surface area (Å²) >= 11 is 0. The highest BCUT2D eigenvalue weighted by molar-refractivity contribution is 5.07. The number of aryl methyl sites for hydroxylation is 1. The Morgan fingerprint density at radius 2 is 2.50 bits per heavy atom. The number of nitrogens with zero attached hydrogens (tertiary/aromatic N) is 2. The average molecular weight is 165 g/mol. The highest BCUT2D eigenvalue weighted by Gasteiger charge is 2.33. The monoisotopic (exact) mass is 165 g/mol. The summed E-state index contributed by atoms with van der Waals surface area (Å²) in [6.07, 6.45) is 6.39. The Morgan fingerprint density at radius 3 is 2.92 bits per heavy atom. The quantitative estimate of drug-likeness (QED) is 0.706. The van der Waals surface area contributed by atoms with E-state index in [0.717, 1.165) is 6.54 Å². The van der Waals surface area contributed by atoms with Gasteiger partial charge in [0.1, 0.15) is 5.82 Å². The molecule has 0 spiro atoms. The molecule has 1 fully saturated rings. The third-order valence-corrected chi connectivity index (χ3v) is 2.91. The summed E-state index contributed by atoms with van der Waals surface area (Å²) < 4.78 is 2.10. The minimum atomic E-state index is 0.620. The lowest BCUT2D eigenvalue weighted by Gasteiger charge is -2.35. The maximum Gasteiger partial charge on any atom is 0.111 e. The zero-order valence-corrected chi connectivity index (χ0v) is 7.40. The van der Waals surface area contributed by atoms with Crippen molar-refractivity contribution in [2.24, 2.45) is 18.7 Å². The van der Waals surface area contributed by atoms with Crippen molar-refractivity contribution in [2.45, 2.75) is 18.8 Å². The lowest BCUT2D eigenvalue weighted by Crippen LogP contribution is -2.32. The number of rotatable bonds is 2. The van der Waals surface area contributed by atoms with Gasteiger partial charge in [-0.15, -0.1) is 0 Å². The highest BCUT2D eigenvalue weighted by Crippen LogP contribution is 2.40. The summed E-state index contributed by atoms with van der Waals surface area (Å²) in [5.74, 6) is 2.50. The van der Waals surface area contributed by atoms with Gasteiger partial charge >= 0.3 is 0 Å². The van der Waals surface area contributed by atoms with Gasteiger partial charge in [-0.2, -0.15) is 0 Å². The summed E-state index contributed by atoms with van der Waals surface area (Å²) in [5, 5.41) is 0. The largest absolute Gasteiger partial charge is 0.338 e. The molecule has 1 aliphatic rings. The zero-order chi connectivity index (χ0) is 8.55. The molecule has 0 aliphatic heterocycles. The first-order valence-electron chi connectivity index (χ1n) is 4.50. The lowest BCUT2D eigenvalue weighted by molar-refractivity contribution is 0.249. The molecule has 1 aliphatic carbocycles. The minimum absolute atomic E-state index is 0.620. The second kappa shape index (κ2) is 2.90. The van der Waals surface area contributed by atoms with E-state index in [1.54, 1.807) is 0 Å². The highest BCUT2D eigenvalue weighted by atomic mass is 15.0. The molecule has 3 heteroatoms. The van der Waals surface area contributed by atoms with E-state index in [1.807, 2.05) is 19.4 Å². The lowest BCUT2D eigenvalue weighted by atomic mass is 9.73. The van der Waals surface area contributed by atoms with Crippen LogP contribution in [0.15, 0.2) is 12.4 Å². The molecular formula is C9H15N3. The van der Waals surface area contributed by atoms with Crippen LogP contribution in [0.2, 0.25) is 0 Å². The third-order valence-electron chi connectivity index (χ3n) is 2.91. The van der Waals surface area contributed by atoms with Gasteiger partial charge in [0.05, 0.1) is 0 Å². The van der Waals surface area contributed by atoms with Crippen LogP contribution in [-0.2, 0) is 7.05 Å². The average Bonchev–Trinajstić information content (AvgIpc) is 2.36. The fourth-order valence-corrected chi connectivity index (χ4v) is 1.93. The van der Waals surface area contributed by atoms with Crippen LogP contribution in [0, 0.1) is 5.92 Å². The molecule has 1 aromatic heterocycles. The van der Waals surface area contributed by atoms with E-state index in [-0.39, 0.29) is 0 Å². The first-order valence-corrected chi connectivity index (χ1v) is 4.50. The summed E-state index contributed by atoms with van der Waals surface area (Å²) in [6, 6.07) is 0. The van der Waals surface area contributed by atoms with E-state index in [4.69, 9.17) is 5.73 Å². The van der Waals surface area contributed by atoms with Gasteiger partial charge in [-0.3, -0.25) is 0 Å². The predicted molar refractivity (Wildman–Crippen MR) is 47.7 cm³/mol. The van der Waals surface area contributed by atoms with Crippen molar-refractivity contribution in [3.05, 3.63) is 18.2 Å². The molecule has 66 valence electrons. The molecule has 1 heterocycles. The van der Waals surface area contributed by atoms with Crippen molar-refractivity contribution < 1.29 is 0 Å². The molecule has 3 nitrogen and oxygen atoms in total. The van der Waals surface area contributed by atoms with Crippen molar-refractivity contribution >= 4 is 0 Å². The van der Waals surface area contributed by atoms with Crippen LogP contribution in [0.3, 0.4) is 0 Å². The number of imidazole rings is 1. The summed E-state index contributed by atoms with van der Waals surface area (Å²) in [4.78, 5) is 4.34. The van der Waals surface area contributed by atoms with Crippen LogP contribution < -0.4 is 5.73 Å². The molecule has 0 radical (unpaired) electrons. The Kier molecular flexibility index (Phi) is 1.89. The summed E-state index contributed by atoms with van der Waals surface area (Å²) in [5.41, 5.74) is 5.64. The van der Waals surface area contributed by atoms with Gasteiger partial charge in [-0.25, -0.2) is 4.98 Å². The van der Waals surface area contributed by atoms with Crippen molar-refractivity contribution in [1.82, 2.24) is 9.55 Å². The molecule has 0 aromatic carbocycles. The first-order chi connectivity index (χ1) is 5.83. The van der Waals surface area contributed by atoms with E-state index >= 15 is 0 Å². The molecule has 0 bridgehead atoms. The van der Waals surface area contributed by atoms with Crippen molar-refractivity contribution in [2.75, 3.05) is 6.54 Å². The predicted octanol–water partition coefficient (Wildman–Crippen LogP) is 0.872. The van der Waals surface area contributed by atoms with Crippen LogP contribution in [0.1, 0.15) is 24.6 Å². The smallest absolute Gasteiger partial charge is 0.111 e. The van der Waals surface area contributed by atoms with E-state index in [1.165, 1.54) is 18.7 Å². The molecule has 1 aromatic rings. The van der Waals surface area contributed by atoms with Crippen LogP contribution in [0.4, 0.5) is 0 Å². The molecule has 2 unspecified atom stereocenters. The number of hydrogen-bond donors (Lipinski definition) is 1. The fraction of sp³-hybridized carbons (Fsp3) is 0.667. The SMILES string of the molecule is Cn1ccnc1C1CCC1CN. The van der Waals surface area contributed by atoms with E-state index in [9.17, 15) is 0 Å². The van der Waals surface area contributed by atoms with Gasteiger partial charge in [0.2, 0.25) is 0 Å². The fourth-order valence-electron chi connectivity index (χ4n) is 1.93. The van der Waals surface area contributed by atoms with Crippen molar-refractivity contribution in [3.8, 4) is 0 Å². The van der Waals surface area contributed by atoms with E-state index < -0.39 is 0 Å². The zero-order valence-electron chi connectivity index (χ0n) is 7.40. The molecule has 1 saturated carbocycles. The number of hydrogen-bond acceptors (Lipinski definition) is 2. The van der Waals surface area contributed by atoms with Crippen molar-refractivity contribution in [1.29, 1.82) is 0 Å². The topological polar surface area (TPSA) is 43.8 Å². The first kappa shape index (κ1) is 7.80. The van der Waals surface area contributed by atoms with Crippen molar-refractivity contribution in [3.63, 3.8) is 0 Å². The molecular weight excluding hydrogens is 150 g/mol. The van der Waals surface area contributed by atoms with Gasteiger partial charge in [0.15, 0.2) is 0 Å². The summed E-state index contributed by atoms with van der Waals surface area (Å²) in [6.45, 7) is 0.803. The number of aromatic nitrogens is 2. The van der Waals surface area contributed by atoms with Crippen LogP contribution in [0.5, 0.6) is 0 Å². The van der Waals surface area contributed by atoms with Gasteiger partial charge < -0.3 is 10.3 Å². The molecule has 2 atom stereocenters. The number of nitrogens with two attached hydrogens (primary N) is 1. The van der Waals surface area contributed by atoms with E-state index in [0.29, 0.717) is 11.8 Å². The Hall–Kier alpha value is -0.830. The van der Waals surface area contributed by atoms with Gasteiger partial charge in [-0.05, 0) is 25.3 Å². The normalized spacial score (nSPS) is 28.5. The molecule has 2 N–H and O–H groups in total. The van der Waals surface area contributed by atoms with Gasteiger partial charge in [-0.1, -0.05) is 0 Å². The Balaban J connectivity index is 2.15. The second-order valence-corrected chi connectivity index (χ2v) is 3.58. The molecule has 12 heavy (non-hydrogen) atoms. The van der Waals surface area contributed by atoms with E-state index in [2.05, 4.69) is 9.55 Å². The molecule has 0 saturated heterocycles. The Labute approximate surface area is 72.6 Å². The Morgan fingerprint density at radius 1 is 1.67 bits per heavy atom. The minimum Gasteiger partial charge on any atom is -0.338 e. The summed E-state index contributed by atoms with van der Waals surface area (Å²) in [7, 11) is 2.05. The maximum absolute atomic E-state index is 5.64. The van der Waals surface area contributed by atoms with Crippen LogP contribution in [-0.4, -0.2) is 16.1 Å². The standard InChI is InChI=1S/C9H15N3/c1-12-5-4-11-9(12)8-3-2-7(8)6-10/h4-5,7-8H,2-3,6,10H2,1H3. The maximum atomic E-state index is 5.64. The Bertz CT molecular complexity index is 264. The molecule has 0 amide bonds. The van der Waals surface area contributed by atoms with Crippen LogP contribution >= 0.6 is 0 Å². The van der Waals surface area contributed by atoms with Gasteiger partial charge in [0, 0.05) is 25.4 Å². The van der Waals surface area contributed by atoms with Crippen LogP contribution in [0.25, 0.3) is 0 Å². The second-order valence-electron chi connectivity index (χ2n) is 3.58. The third kappa shape index (κ3) is 1.05. The van der Waals surface area contributed by atoms with Gasteiger partial charge in [0.25, 0.3) is 0 Å². The molecule has 2 rings (SSSR count).